The number of nitro groups is 1. The minimum atomic E-state index is -0.557. The Balaban J connectivity index is 1.61. The molecule has 162 valence electrons. The van der Waals surface area contributed by atoms with Crippen LogP contribution in [0.4, 0.5) is 14.9 Å². The molecule has 0 unspecified atom stereocenters. The second-order valence-corrected chi connectivity index (χ2v) is 8.27. The number of benzene rings is 2. The van der Waals surface area contributed by atoms with Crippen LogP contribution in [-0.4, -0.2) is 21.0 Å². The minimum absolute atomic E-state index is 0.0841. The van der Waals surface area contributed by atoms with Gasteiger partial charge in [-0.25, -0.2) is 4.39 Å². The fourth-order valence-corrected chi connectivity index (χ4v) is 4.11. The van der Waals surface area contributed by atoms with E-state index < -0.39 is 21.9 Å². The maximum atomic E-state index is 13.9. The third kappa shape index (κ3) is 4.06. The van der Waals surface area contributed by atoms with Crippen LogP contribution < -0.4 is 0 Å². The summed E-state index contributed by atoms with van der Waals surface area (Å²) >= 11 is 0.727. The lowest BCUT2D eigenvalue weighted by molar-refractivity contribution is -0.384. The molecule has 0 spiro atoms. The number of thioether (sulfide) groups is 1. The van der Waals surface area contributed by atoms with Crippen LogP contribution in [0.2, 0.25) is 0 Å². The van der Waals surface area contributed by atoms with Gasteiger partial charge in [0.1, 0.15) is 17.3 Å². The number of aryl methyl sites for hydroxylation is 2. The number of nitrogens with zero attached hydrogens (tertiary/aromatic N) is 2. The van der Waals surface area contributed by atoms with Gasteiger partial charge in [0.2, 0.25) is 0 Å². The van der Waals surface area contributed by atoms with Crippen LogP contribution in [0.1, 0.15) is 22.5 Å². The Bertz CT molecular complexity index is 1300. The molecule has 1 saturated heterocycles. The Morgan fingerprint density at radius 1 is 1.12 bits per heavy atom. The van der Waals surface area contributed by atoms with Crippen molar-refractivity contribution in [1.82, 2.24) is 4.90 Å². The lowest BCUT2D eigenvalue weighted by Gasteiger charge is -2.12. The lowest BCUT2D eigenvalue weighted by atomic mass is 10.0. The summed E-state index contributed by atoms with van der Waals surface area (Å²) in [4.78, 5) is 37.1. The van der Waals surface area contributed by atoms with Gasteiger partial charge in [0.15, 0.2) is 0 Å². The molecule has 2 aromatic carbocycles. The number of halogens is 1. The van der Waals surface area contributed by atoms with Crippen molar-refractivity contribution in [2.45, 2.75) is 20.4 Å². The van der Waals surface area contributed by atoms with Crippen LogP contribution in [0.25, 0.3) is 17.4 Å². The number of hydrogen-bond donors (Lipinski definition) is 0. The molecule has 1 aliphatic rings. The summed E-state index contributed by atoms with van der Waals surface area (Å²) in [5.41, 5.74) is 2.14. The zero-order chi connectivity index (χ0) is 23.0. The van der Waals surface area contributed by atoms with E-state index >= 15 is 0 Å². The van der Waals surface area contributed by atoms with Gasteiger partial charge in [0.05, 0.1) is 21.9 Å². The summed E-state index contributed by atoms with van der Waals surface area (Å²) in [6, 6.07) is 12.2. The monoisotopic (exact) mass is 452 g/mol. The summed E-state index contributed by atoms with van der Waals surface area (Å²) in [6.07, 6.45) is 1.41. The van der Waals surface area contributed by atoms with E-state index in [1.165, 1.54) is 30.3 Å². The zero-order valence-electron chi connectivity index (χ0n) is 17.1. The molecule has 1 aromatic heterocycles. The molecule has 0 aliphatic carbocycles. The number of carbonyl (C=O) groups is 2. The van der Waals surface area contributed by atoms with E-state index in [4.69, 9.17) is 4.42 Å². The second kappa shape index (κ2) is 8.43. The van der Waals surface area contributed by atoms with Crippen LogP contribution in [0, 0.1) is 29.8 Å². The molecule has 7 nitrogen and oxygen atoms in total. The van der Waals surface area contributed by atoms with E-state index in [0.29, 0.717) is 5.56 Å². The van der Waals surface area contributed by atoms with Gasteiger partial charge in [-0.3, -0.25) is 24.6 Å². The first-order valence-electron chi connectivity index (χ1n) is 9.59. The molecule has 0 N–H and O–H groups in total. The number of hydrogen-bond acceptors (Lipinski definition) is 6. The molecule has 3 aromatic rings. The van der Waals surface area contributed by atoms with E-state index in [1.807, 2.05) is 6.92 Å². The number of carbonyl (C=O) groups excluding carboxylic acids is 2. The molecule has 1 aliphatic heterocycles. The van der Waals surface area contributed by atoms with Crippen molar-refractivity contribution in [2.24, 2.45) is 0 Å². The molecule has 2 amide bonds. The summed E-state index contributed by atoms with van der Waals surface area (Å²) in [5, 5.41) is 11.0. The molecule has 1 fully saturated rings. The molecule has 9 heteroatoms. The molecule has 4 rings (SSSR count). The van der Waals surface area contributed by atoms with Crippen molar-refractivity contribution in [1.29, 1.82) is 0 Å². The number of furan rings is 1. The summed E-state index contributed by atoms with van der Waals surface area (Å²) in [6.45, 7) is 3.46. The standard InChI is InChI=1S/C23H17FN2O5S/c1-13-9-17(19(26(29)30)10-14(13)2)20-8-7-16(31-20)11-21-22(27)25(23(28)32-21)12-15-5-3-4-6-18(15)24/h3-11H,12H2,1-2H3/b21-11-. The predicted octanol–water partition coefficient (Wildman–Crippen LogP) is 5.85. The highest BCUT2D eigenvalue weighted by molar-refractivity contribution is 8.18. The first-order valence-corrected chi connectivity index (χ1v) is 10.4. The van der Waals surface area contributed by atoms with Gasteiger partial charge < -0.3 is 4.42 Å². The Morgan fingerprint density at radius 3 is 2.56 bits per heavy atom. The predicted molar refractivity (Wildman–Crippen MR) is 118 cm³/mol. The third-order valence-corrected chi connectivity index (χ3v) is 6.04. The number of rotatable bonds is 5. The van der Waals surface area contributed by atoms with Crippen molar-refractivity contribution >= 4 is 34.7 Å². The maximum Gasteiger partial charge on any atom is 0.293 e. The van der Waals surface area contributed by atoms with Gasteiger partial charge in [-0.05, 0) is 61.0 Å². The molecule has 2 heterocycles. The topological polar surface area (TPSA) is 93.7 Å². The van der Waals surface area contributed by atoms with Gasteiger partial charge in [-0.1, -0.05) is 18.2 Å². The molecule has 32 heavy (non-hydrogen) atoms. The molecule has 0 radical (unpaired) electrons. The molecule has 0 bridgehead atoms. The van der Waals surface area contributed by atoms with Crippen molar-refractivity contribution in [2.75, 3.05) is 0 Å². The highest BCUT2D eigenvalue weighted by Gasteiger charge is 2.35. The number of imide groups is 1. The van der Waals surface area contributed by atoms with E-state index in [9.17, 15) is 24.1 Å². The average molecular weight is 452 g/mol. The fourth-order valence-electron chi connectivity index (χ4n) is 3.29. The number of amides is 2. The van der Waals surface area contributed by atoms with E-state index in [0.717, 1.165) is 27.8 Å². The Hall–Kier alpha value is -3.72. The van der Waals surface area contributed by atoms with Crippen molar-refractivity contribution in [3.05, 3.63) is 91.8 Å². The van der Waals surface area contributed by atoms with E-state index in [2.05, 4.69) is 0 Å². The molecular weight excluding hydrogens is 435 g/mol. The van der Waals surface area contributed by atoms with Gasteiger partial charge >= 0.3 is 0 Å². The van der Waals surface area contributed by atoms with Crippen molar-refractivity contribution in [3.63, 3.8) is 0 Å². The fraction of sp³-hybridized carbons (Fsp3) is 0.130. The first kappa shape index (κ1) is 21.5. The normalized spacial score (nSPS) is 15.1. The average Bonchev–Trinajstić information content (AvgIpc) is 3.31. The Labute approximate surface area is 186 Å². The van der Waals surface area contributed by atoms with Crippen molar-refractivity contribution < 1.29 is 23.3 Å². The molecular formula is C23H17FN2O5S. The van der Waals surface area contributed by atoms with Gasteiger partial charge in [-0.2, -0.15) is 0 Å². The third-order valence-electron chi connectivity index (χ3n) is 5.13. The van der Waals surface area contributed by atoms with Crippen LogP contribution in [0.3, 0.4) is 0 Å². The van der Waals surface area contributed by atoms with E-state index in [-0.39, 0.29) is 34.2 Å². The Kier molecular flexibility index (Phi) is 5.67. The highest BCUT2D eigenvalue weighted by atomic mass is 32.2. The minimum Gasteiger partial charge on any atom is -0.456 e. The lowest BCUT2D eigenvalue weighted by Crippen LogP contribution is -2.27. The highest BCUT2D eigenvalue weighted by Crippen LogP contribution is 2.36. The van der Waals surface area contributed by atoms with Gasteiger partial charge in [0.25, 0.3) is 16.8 Å². The maximum absolute atomic E-state index is 13.9. The van der Waals surface area contributed by atoms with E-state index in [1.54, 1.807) is 31.2 Å². The quantitative estimate of drug-likeness (QED) is 0.274. The van der Waals surface area contributed by atoms with Gasteiger partial charge in [-0.15, -0.1) is 0 Å². The Morgan fingerprint density at radius 2 is 1.84 bits per heavy atom. The largest absolute Gasteiger partial charge is 0.456 e. The van der Waals surface area contributed by atoms with Crippen LogP contribution >= 0.6 is 11.8 Å². The SMILES string of the molecule is Cc1cc(-c2ccc(/C=C3\SC(=O)N(Cc4ccccc4F)C3=O)o2)c([N+](=O)[O-])cc1C. The van der Waals surface area contributed by atoms with Crippen molar-refractivity contribution in [3.8, 4) is 11.3 Å². The second-order valence-electron chi connectivity index (χ2n) is 7.27. The van der Waals surface area contributed by atoms with Crippen LogP contribution in [0.15, 0.2) is 57.9 Å². The molecule has 0 atom stereocenters. The summed E-state index contributed by atoms with van der Waals surface area (Å²) < 4.78 is 19.7. The summed E-state index contributed by atoms with van der Waals surface area (Å²) in [5.74, 6) is -0.514. The van der Waals surface area contributed by atoms with Gasteiger partial charge in [0, 0.05) is 17.7 Å². The van der Waals surface area contributed by atoms with Crippen LogP contribution in [0.5, 0.6) is 0 Å². The zero-order valence-corrected chi connectivity index (χ0v) is 17.9. The number of nitro benzene ring substituents is 1. The van der Waals surface area contributed by atoms with Crippen LogP contribution in [-0.2, 0) is 11.3 Å². The first-order chi connectivity index (χ1) is 15.2. The smallest absolute Gasteiger partial charge is 0.293 e. The summed E-state index contributed by atoms with van der Waals surface area (Å²) in [7, 11) is 0. The molecule has 0 saturated carbocycles.